The van der Waals surface area contributed by atoms with Crippen LogP contribution in [0.5, 0.6) is 0 Å². The van der Waals surface area contributed by atoms with Crippen molar-refractivity contribution in [3.8, 4) is 0 Å². The summed E-state index contributed by atoms with van der Waals surface area (Å²) in [6, 6.07) is 4.07. The molecule has 0 spiro atoms. The minimum atomic E-state index is 0.0854. The Labute approximate surface area is 134 Å². The number of nitrogens with zero attached hydrogens (tertiary/aromatic N) is 2. The highest BCUT2D eigenvalue weighted by molar-refractivity contribution is 5.96. The summed E-state index contributed by atoms with van der Waals surface area (Å²) in [6.07, 6.45) is 0.926. The van der Waals surface area contributed by atoms with E-state index in [2.05, 4.69) is 17.9 Å². The molecule has 0 aliphatic carbocycles. The van der Waals surface area contributed by atoms with Crippen molar-refractivity contribution in [1.29, 1.82) is 0 Å². The van der Waals surface area contributed by atoms with Gasteiger partial charge in [-0.1, -0.05) is 13.0 Å². The first-order valence-electron chi connectivity index (χ1n) is 8.03. The second kappa shape index (κ2) is 8.69. The van der Waals surface area contributed by atoms with Gasteiger partial charge in [0.1, 0.15) is 6.29 Å². The summed E-state index contributed by atoms with van der Waals surface area (Å²) in [5.41, 5.74) is 4.06. The van der Waals surface area contributed by atoms with Crippen molar-refractivity contribution in [2.24, 2.45) is 0 Å². The number of carbonyl (C=O) groups excluding carboxylic acids is 2. The zero-order valence-electron chi connectivity index (χ0n) is 14.5. The Bertz CT molecular complexity index is 522. The van der Waals surface area contributed by atoms with E-state index in [9.17, 15) is 9.59 Å². The first-order chi connectivity index (χ1) is 10.5. The molecule has 0 atom stereocenters. The van der Waals surface area contributed by atoms with E-state index >= 15 is 0 Å². The average Bonchev–Trinajstić information content (AvgIpc) is 2.50. The van der Waals surface area contributed by atoms with E-state index < -0.39 is 0 Å². The molecule has 0 unspecified atom stereocenters. The summed E-state index contributed by atoms with van der Waals surface area (Å²) in [5, 5.41) is 0. The Kier molecular flexibility index (Phi) is 7.25. The molecule has 1 aromatic carbocycles. The minimum absolute atomic E-state index is 0.0854. The van der Waals surface area contributed by atoms with Gasteiger partial charge in [0.2, 0.25) is 0 Å². The van der Waals surface area contributed by atoms with E-state index in [1.807, 2.05) is 38.7 Å². The van der Waals surface area contributed by atoms with Crippen LogP contribution in [0.15, 0.2) is 12.1 Å². The number of hydrogen-bond acceptors (Lipinski definition) is 3. The van der Waals surface area contributed by atoms with E-state index in [0.29, 0.717) is 26.2 Å². The third-order valence-electron chi connectivity index (χ3n) is 4.14. The zero-order valence-corrected chi connectivity index (χ0v) is 14.5. The third-order valence-corrected chi connectivity index (χ3v) is 4.14. The van der Waals surface area contributed by atoms with E-state index in [1.165, 1.54) is 0 Å². The Balaban J connectivity index is 3.13. The number of hydrogen-bond donors (Lipinski definition) is 0. The Hall–Kier alpha value is -1.68. The Morgan fingerprint density at radius 1 is 1.05 bits per heavy atom. The van der Waals surface area contributed by atoms with Crippen LogP contribution in [0.1, 0.15) is 47.8 Å². The van der Waals surface area contributed by atoms with Crippen molar-refractivity contribution in [3.63, 3.8) is 0 Å². The second-order valence-electron chi connectivity index (χ2n) is 5.57. The number of aldehydes is 1. The fourth-order valence-electron chi connectivity index (χ4n) is 2.63. The molecule has 0 bridgehead atoms. The fraction of sp³-hybridized carbons (Fsp3) is 0.556. The quantitative estimate of drug-likeness (QED) is 0.693. The van der Waals surface area contributed by atoms with Gasteiger partial charge in [0.25, 0.3) is 5.91 Å². The van der Waals surface area contributed by atoms with E-state index in [1.54, 1.807) is 0 Å². The molecule has 4 nitrogen and oxygen atoms in total. The molecule has 1 aromatic rings. The number of amides is 1. The van der Waals surface area contributed by atoms with Gasteiger partial charge in [0, 0.05) is 25.2 Å². The van der Waals surface area contributed by atoms with Gasteiger partial charge >= 0.3 is 0 Å². The predicted molar refractivity (Wildman–Crippen MR) is 90.2 cm³/mol. The van der Waals surface area contributed by atoms with Crippen LogP contribution < -0.4 is 0 Å². The maximum absolute atomic E-state index is 12.6. The standard InChI is InChI=1S/C18H28N2O2/c1-6-19(9-10-21)13-16-12-17(15(5)11-14(16)4)18(22)20(7-2)8-3/h10-12H,6-9,13H2,1-5H3. The van der Waals surface area contributed by atoms with Crippen molar-refractivity contribution in [2.45, 2.75) is 41.2 Å². The first-order valence-corrected chi connectivity index (χ1v) is 8.03. The normalized spacial score (nSPS) is 10.8. The number of aryl methyl sites for hydroxylation is 2. The van der Waals surface area contributed by atoms with Crippen LogP contribution in [0.25, 0.3) is 0 Å². The average molecular weight is 304 g/mol. The van der Waals surface area contributed by atoms with Crippen molar-refractivity contribution >= 4 is 12.2 Å². The highest BCUT2D eigenvalue weighted by Crippen LogP contribution is 2.19. The highest BCUT2D eigenvalue weighted by Gasteiger charge is 2.17. The van der Waals surface area contributed by atoms with Gasteiger partial charge in [-0.2, -0.15) is 0 Å². The van der Waals surface area contributed by atoms with E-state index in [-0.39, 0.29) is 5.91 Å². The van der Waals surface area contributed by atoms with Gasteiger partial charge in [-0.05, 0) is 57.0 Å². The van der Waals surface area contributed by atoms with Crippen LogP contribution in [0.3, 0.4) is 0 Å². The van der Waals surface area contributed by atoms with E-state index in [4.69, 9.17) is 0 Å². The van der Waals surface area contributed by atoms with Crippen LogP contribution in [0, 0.1) is 13.8 Å². The SMILES string of the molecule is CCN(CC=O)Cc1cc(C(=O)N(CC)CC)c(C)cc1C. The van der Waals surface area contributed by atoms with Crippen LogP contribution in [0.2, 0.25) is 0 Å². The Morgan fingerprint density at radius 2 is 1.68 bits per heavy atom. The molecule has 0 heterocycles. The first kappa shape index (κ1) is 18.4. The fourth-order valence-corrected chi connectivity index (χ4v) is 2.63. The van der Waals surface area contributed by atoms with Gasteiger partial charge in [-0.15, -0.1) is 0 Å². The smallest absolute Gasteiger partial charge is 0.254 e. The second-order valence-corrected chi connectivity index (χ2v) is 5.57. The van der Waals surface area contributed by atoms with Gasteiger partial charge in [0.05, 0.1) is 6.54 Å². The predicted octanol–water partition coefficient (Wildman–Crippen LogP) is 2.81. The summed E-state index contributed by atoms with van der Waals surface area (Å²) in [6.45, 7) is 13.4. The maximum Gasteiger partial charge on any atom is 0.254 e. The molecule has 0 aliphatic rings. The van der Waals surface area contributed by atoms with Gasteiger partial charge < -0.3 is 9.69 Å². The molecule has 4 heteroatoms. The van der Waals surface area contributed by atoms with Crippen LogP contribution in [-0.4, -0.2) is 48.2 Å². The van der Waals surface area contributed by atoms with Crippen molar-refractivity contribution < 1.29 is 9.59 Å². The highest BCUT2D eigenvalue weighted by atomic mass is 16.2. The molecule has 1 rings (SSSR count). The third kappa shape index (κ3) is 4.41. The molecule has 0 aliphatic heterocycles. The molecule has 22 heavy (non-hydrogen) atoms. The summed E-state index contributed by atoms with van der Waals surface area (Å²) in [4.78, 5) is 27.3. The monoisotopic (exact) mass is 304 g/mol. The summed E-state index contributed by atoms with van der Waals surface area (Å²) < 4.78 is 0. The summed E-state index contributed by atoms with van der Waals surface area (Å²) in [7, 11) is 0. The molecule has 0 radical (unpaired) electrons. The molecule has 122 valence electrons. The number of rotatable bonds is 8. The molecule has 1 amide bonds. The molecule has 0 fully saturated rings. The molecular formula is C18H28N2O2. The van der Waals surface area contributed by atoms with Crippen LogP contribution in [-0.2, 0) is 11.3 Å². The minimum Gasteiger partial charge on any atom is -0.339 e. The van der Waals surface area contributed by atoms with E-state index in [0.717, 1.165) is 35.1 Å². The molecule has 0 N–H and O–H groups in total. The molecule has 0 aromatic heterocycles. The molecule has 0 saturated carbocycles. The summed E-state index contributed by atoms with van der Waals surface area (Å²) >= 11 is 0. The van der Waals surface area contributed by atoms with Crippen LogP contribution >= 0.6 is 0 Å². The lowest BCUT2D eigenvalue weighted by Gasteiger charge is -2.23. The van der Waals surface area contributed by atoms with Gasteiger partial charge in [-0.3, -0.25) is 9.69 Å². The van der Waals surface area contributed by atoms with Crippen LogP contribution in [0.4, 0.5) is 0 Å². The topological polar surface area (TPSA) is 40.6 Å². The Morgan fingerprint density at radius 3 is 2.18 bits per heavy atom. The lowest BCUT2D eigenvalue weighted by molar-refractivity contribution is -0.108. The maximum atomic E-state index is 12.6. The lowest BCUT2D eigenvalue weighted by atomic mass is 9.98. The molecular weight excluding hydrogens is 276 g/mol. The van der Waals surface area contributed by atoms with Gasteiger partial charge in [-0.25, -0.2) is 0 Å². The summed E-state index contributed by atoms with van der Waals surface area (Å²) in [5.74, 6) is 0.0854. The number of carbonyl (C=O) groups is 2. The lowest BCUT2D eigenvalue weighted by Crippen LogP contribution is -2.31. The van der Waals surface area contributed by atoms with Crippen molar-refractivity contribution in [1.82, 2.24) is 9.80 Å². The number of likely N-dealkylation sites (N-methyl/N-ethyl adjacent to an activating group) is 1. The molecule has 0 saturated heterocycles. The largest absolute Gasteiger partial charge is 0.339 e. The zero-order chi connectivity index (χ0) is 16.7. The van der Waals surface area contributed by atoms with Crippen molar-refractivity contribution in [2.75, 3.05) is 26.2 Å². The van der Waals surface area contributed by atoms with Gasteiger partial charge in [0.15, 0.2) is 0 Å². The number of benzene rings is 1. The van der Waals surface area contributed by atoms with Crippen molar-refractivity contribution in [3.05, 3.63) is 34.4 Å².